The number of rotatable bonds is 10. The van der Waals surface area contributed by atoms with Gasteiger partial charge in [-0.3, -0.25) is 0 Å². The summed E-state index contributed by atoms with van der Waals surface area (Å²) in [5, 5.41) is 10.4. The lowest BCUT2D eigenvalue weighted by Crippen LogP contribution is -2.47. The van der Waals surface area contributed by atoms with E-state index in [1.807, 2.05) is 13.8 Å². The molecule has 0 aliphatic rings. The van der Waals surface area contributed by atoms with Crippen molar-refractivity contribution in [1.29, 1.82) is 0 Å². The molecule has 4 nitrogen and oxygen atoms in total. The maximum atomic E-state index is 13.0. The molecule has 0 bridgehead atoms. The van der Waals surface area contributed by atoms with Crippen LogP contribution in [-0.4, -0.2) is 25.7 Å². The summed E-state index contributed by atoms with van der Waals surface area (Å²) >= 11 is 0. The molecule has 1 aromatic rings. The van der Waals surface area contributed by atoms with Gasteiger partial charge < -0.3 is 5.11 Å². The smallest absolute Gasteiger partial charge is 0.240 e. The summed E-state index contributed by atoms with van der Waals surface area (Å²) in [7, 11) is -3.78. The first-order valence-electron chi connectivity index (χ1n) is 8.27. The van der Waals surface area contributed by atoms with E-state index in [1.165, 1.54) is 12.1 Å². The molecule has 1 unspecified atom stereocenters. The van der Waals surface area contributed by atoms with Crippen molar-refractivity contribution in [1.82, 2.24) is 4.72 Å². The van der Waals surface area contributed by atoms with Gasteiger partial charge in [0, 0.05) is 0 Å². The molecule has 6 heteroatoms. The Morgan fingerprint density at radius 2 is 1.78 bits per heavy atom. The fourth-order valence-corrected chi connectivity index (χ4v) is 3.85. The number of hydrogen-bond acceptors (Lipinski definition) is 3. The van der Waals surface area contributed by atoms with Crippen LogP contribution in [0.1, 0.15) is 52.9 Å². The summed E-state index contributed by atoms with van der Waals surface area (Å²) in [6, 6.07) is 4.14. The van der Waals surface area contributed by atoms with Gasteiger partial charge in [0.15, 0.2) is 0 Å². The second kappa shape index (κ2) is 9.35. The number of sulfonamides is 1. The second-order valence-electron chi connectivity index (χ2n) is 6.05. The number of halogens is 1. The van der Waals surface area contributed by atoms with Gasteiger partial charge in [-0.2, -0.15) is 0 Å². The zero-order chi connectivity index (χ0) is 17.5. The number of hydrogen-bond donors (Lipinski definition) is 2. The Kier molecular flexibility index (Phi) is 8.16. The van der Waals surface area contributed by atoms with Gasteiger partial charge in [-0.05, 0) is 36.6 Å². The molecule has 0 aliphatic heterocycles. The van der Waals surface area contributed by atoms with Crippen molar-refractivity contribution in [3.8, 4) is 0 Å². The van der Waals surface area contributed by atoms with E-state index in [0.29, 0.717) is 6.42 Å². The molecule has 0 radical (unpaired) electrons. The van der Waals surface area contributed by atoms with Gasteiger partial charge in [-0.15, -0.1) is 0 Å². The summed E-state index contributed by atoms with van der Waals surface area (Å²) in [4.78, 5) is 0.00737. The first kappa shape index (κ1) is 20.1. The van der Waals surface area contributed by atoms with Gasteiger partial charge in [0.25, 0.3) is 0 Å². The lowest BCUT2D eigenvalue weighted by atomic mass is 9.92. The first-order valence-corrected chi connectivity index (χ1v) is 9.76. The average Bonchev–Trinajstić information content (AvgIpc) is 2.52. The topological polar surface area (TPSA) is 66.4 Å². The third-order valence-electron chi connectivity index (χ3n) is 4.19. The molecule has 0 aliphatic carbocycles. The molecular formula is C17H28FNO3S. The number of aliphatic hydroxyl groups excluding tert-OH is 1. The predicted octanol–water partition coefficient (Wildman–Crippen LogP) is 3.46. The molecule has 0 amide bonds. The highest BCUT2D eigenvalue weighted by Gasteiger charge is 2.29. The maximum Gasteiger partial charge on any atom is 0.240 e. The zero-order valence-electron chi connectivity index (χ0n) is 14.1. The normalized spacial score (nSPS) is 16.0. The summed E-state index contributed by atoms with van der Waals surface area (Å²) in [6.07, 6.45) is 3.50. The van der Waals surface area contributed by atoms with E-state index in [9.17, 15) is 17.9 Å². The molecule has 0 aromatic heterocycles. The summed E-state index contributed by atoms with van der Waals surface area (Å²) in [5.41, 5.74) is 0. The summed E-state index contributed by atoms with van der Waals surface area (Å²) in [5.74, 6) is -0.483. The van der Waals surface area contributed by atoms with Crippen LogP contribution in [0.4, 0.5) is 4.39 Å². The van der Waals surface area contributed by atoms with Crippen LogP contribution in [0.3, 0.4) is 0 Å². The zero-order valence-corrected chi connectivity index (χ0v) is 14.9. The van der Waals surface area contributed by atoms with Crippen molar-refractivity contribution < 1.29 is 17.9 Å². The molecular weight excluding hydrogens is 317 g/mol. The summed E-state index contributed by atoms with van der Waals surface area (Å²) in [6.45, 7) is 5.96. The van der Waals surface area contributed by atoms with Crippen LogP contribution in [0.2, 0.25) is 0 Å². The van der Waals surface area contributed by atoms with Crippen LogP contribution in [0.25, 0.3) is 0 Å². The van der Waals surface area contributed by atoms with Crippen molar-refractivity contribution in [2.24, 2.45) is 5.92 Å². The van der Waals surface area contributed by atoms with Gasteiger partial charge in [-0.1, -0.05) is 46.5 Å². The van der Waals surface area contributed by atoms with Gasteiger partial charge in [0.2, 0.25) is 10.0 Å². The highest BCUT2D eigenvalue weighted by atomic mass is 32.2. The van der Waals surface area contributed by atoms with E-state index in [-0.39, 0.29) is 10.8 Å². The van der Waals surface area contributed by atoms with E-state index in [0.717, 1.165) is 37.8 Å². The Balaban J connectivity index is 2.88. The van der Waals surface area contributed by atoms with Crippen molar-refractivity contribution in [2.75, 3.05) is 0 Å². The Hall–Kier alpha value is -0.980. The Morgan fingerprint density at radius 1 is 1.17 bits per heavy atom. The molecule has 2 N–H and O–H groups in total. The van der Waals surface area contributed by atoms with Gasteiger partial charge in [0.05, 0.1) is 17.0 Å². The molecule has 0 fully saturated rings. The fraction of sp³-hybridized carbons (Fsp3) is 0.647. The summed E-state index contributed by atoms with van der Waals surface area (Å²) < 4.78 is 40.5. The minimum Gasteiger partial charge on any atom is -0.391 e. The van der Waals surface area contributed by atoms with Crippen LogP contribution in [0.5, 0.6) is 0 Å². The Morgan fingerprint density at radius 3 is 2.30 bits per heavy atom. The van der Waals surface area contributed by atoms with Crippen LogP contribution >= 0.6 is 0 Å². The lowest BCUT2D eigenvalue weighted by Gasteiger charge is -2.29. The van der Waals surface area contributed by atoms with E-state index in [4.69, 9.17) is 0 Å². The molecule has 0 saturated carbocycles. The predicted molar refractivity (Wildman–Crippen MR) is 90.1 cm³/mol. The van der Waals surface area contributed by atoms with Gasteiger partial charge in [-0.25, -0.2) is 17.5 Å². The average molecular weight is 345 g/mol. The van der Waals surface area contributed by atoms with E-state index in [2.05, 4.69) is 11.6 Å². The highest BCUT2D eigenvalue weighted by Crippen LogP contribution is 2.19. The minimum absolute atomic E-state index is 0.00171. The lowest BCUT2D eigenvalue weighted by molar-refractivity contribution is 0.100. The third kappa shape index (κ3) is 6.20. The quantitative estimate of drug-likeness (QED) is 0.638. The van der Waals surface area contributed by atoms with E-state index in [1.54, 1.807) is 0 Å². The van der Waals surface area contributed by atoms with Gasteiger partial charge in [0.1, 0.15) is 5.82 Å². The monoisotopic (exact) mass is 345 g/mol. The van der Waals surface area contributed by atoms with Crippen LogP contribution in [-0.2, 0) is 10.0 Å². The molecule has 1 rings (SSSR count). The Labute approximate surface area is 139 Å². The molecule has 132 valence electrons. The SMILES string of the molecule is CCCCCC(O)[C@@H](NS(=O)(=O)c1ccc(F)cc1)[C@@H](C)CC. The van der Waals surface area contributed by atoms with Crippen LogP contribution in [0, 0.1) is 11.7 Å². The first-order chi connectivity index (χ1) is 10.8. The number of unbranched alkanes of at least 4 members (excludes halogenated alkanes) is 2. The maximum absolute atomic E-state index is 13.0. The molecule has 0 spiro atoms. The number of benzene rings is 1. The van der Waals surface area contributed by atoms with Crippen molar-refractivity contribution >= 4 is 10.0 Å². The van der Waals surface area contributed by atoms with Crippen LogP contribution in [0.15, 0.2) is 29.2 Å². The molecule has 23 heavy (non-hydrogen) atoms. The van der Waals surface area contributed by atoms with Crippen molar-refractivity contribution in [2.45, 2.75) is 69.9 Å². The fourth-order valence-electron chi connectivity index (χ4n) is 2.47. The van der Waals surface area contributed by atoms with E-state index >= 15 is 0 Å². The standard InChI is InChI=1S/C17H28FNO3S/c1-4-6-7-8-16(20)17(13(3)5-2)19-23(21,22)15-11-9-14(18)10-12-15/h9-13,16-17,19-20H,4-8H2,1-3H3/t13-,16?,17-/m0/s1. The van der Waals surface area contributed by atoms with Crippen LogP contribution < -0.4 is 4.72 Å². The molecule has 0 heterocycles. The van der Waals surface area contributed by atoms with Gasteiger partial charge >= 0.3 is 0 Å². The number of nitrogens with one attached hydrogen (secondary N) is 1. The Bertz CT molecular complexity index is 560. The number of aliphatic hydroxyl groups is 1. The third-order valence-corrected chi connectivity index (χ3v) is 5.67. The van der Waals surface area contributed by atoms with Crippen molar-refractivity contribution in [3.63, 3.8) is 0 Å². The molecule has 3 atom stereocenters. The molecule has 0 saturated heterocycles. The van der Waals surface area contributed by atoms with Crippen molar-refractivity contribution in [3.05, 3.63) is 30.1 Å². The minimum atomic E-state index is -3.78. The second-order valence-corrected chi connectivity index (χ2v) is 7.76. The molecule has 1 aromatic carbocycles. The largest absolute Gasteiger partial charge is 0.391 e. The highest BCUT2D eigenvalue weighted by molar-refractivity contribution is 7.89. The van der Waals surface area contributed by atoms with E-state index < -0.39 is 28.0 Å².